The number of amides is 1. The van der Waals surface area contributed by atoms with Crippen molar-refractivity contribution >= 4 is 5.91 Å². The van der Waals surface area contributed by atoms with Crippen LogP contribution in [0, 0.1) is 0 Å². The third-order valence-corrected chi connectivity index (χ3v) is 4.16. The maximum Gasteiger partial charge on any atom is 0.235 e. The Balaban J connectivity index is 2.38. The second-order valence-corrected chi connectivity index (χ2v) is 5.69. The summed E-state index contributed by atoms with van der Waals surface area (Å²) in [4.78, 5) is 11.7. The number of carbonyl (C=O) groups excluding carboxylic acids is 1. The largest absolute Gasteiger partial charge is 0.497 e. The summed E-state index contributed by atoms with van der Waals surface area (Å²) in [5.41, 5.74) is 13.1. The summed E-state index contributed by atoms with van der Waals surface area (Å²) in [7, 11) is 1.63. The van der Waals surface area contributed by atoms with Gasteiger partial charge in [-0.1, -0.05) is 49.4 Å². The lowest BCUT2D eigenvalue weighted by molar-refractivity contribution is -0.120. The van der Waals surface area contributed by atoms with Crippen molar-refractivity contribution in [1.82, 2.24) is 0 Å². The third kappa shape index (κ3) is 3.28. The molecule has 4 N–H and O–H groups in total. The van der Waals surface area contributed by atoms with Crippen LogP contribution in [0.3, 0.4) is 0 Å². The van der Waals surface area contributed by atoms with Crippen molar-refractivity contribution in [2.75, 3.05) is 7.11 Å². The molecule has 4 heteroatoms. The van der Waals surface area contributed by atoms with Gasteiger partial charge in [-0.15, -0.1) is 0 Å². The maximum absolute atomic E-state index is 11.7. The van der Waals surface area contributed by atoms with E-state index in [1.165, 1.54) is 0 Å². The van der Waals surface area contributed by atoms with Gasteiger partial charge in [0, 0.05) is 5.41 Å². The van der Waals surface area contributed by atoms with Gasteiger partial charge in [0.2, 0.25) is 5.91 Å². The van der Waals surface area contributed by atoms with E-state index in [9.17, 15) is 4.79 Å². The highest BCUT2D eigenvalue weighted by Crippen LogP contribution is 2.31. The molecular formula is C18H22N2O2. The molecule has 4 nitrogen and oxygen atoms in total. The highest BCUT2D eigenvalue weighted by atomic mass is 16.5. The fourth-order valence-corrected chi connectivity index (χ4v) is 2.69. The van der Waals surface area contributed by atoms with Crippen molar-refractivity contribution in [3.8, 4) is 5.75 Å². The first kappa shape index (κ1) is 16.0. The van der Waals surface area contributed by atoms with Crippen LogP contribution in [0.4, 0.5) is 0 Å². The Morgan fingerprint density at radius 3 is 2.23 bits per heavy atom. The Bertz CT molecular complexity index is 625. The van der Waals surface area contributed by atoms with Crippen molar-refractivity contribution < 1.29 is 9.53 Å². The van der Waals surface area contributed by atoms with Crippen molar-refractivity contribution in [1.29, 1.82) is 0 Å². The molecule has 2 unspecified atom stereocenters. The van der Waals surface area contributed by atoms with E-state index in [4.69, 9.17) is 16.2 Å². The molecule has 2 atom stereocenters. The number of ether oxygens (including phenoxy) is 1. The van der Waals surface area contributed by atoms with Gasteiger partial charge >= 0.3 is 0 Å². The Morgan fingerprint density at radius 2 is 1.73 bits per heavy atom. The summed E-state index contributed by atoms with van der Waals surface area (Å²) in [6, 6.07) is 16.8. The minimum atomic E-state index is -0.767. The van der Waals surface area contributed by atoms with Gasteiger partial charge in [0.15, 0.2) is 0 Å². The molecule has 2 aromatic carbocycles. The molecular weight excluding hydrogens is 276 g/mol. The molecule has 116 valence electrons. The average Bonchev–Trinajstić information content (AvgIpc) is 2.55. The number of methoxy groups -OCH3 is 1. The zero-order valence-electron chi connectivity index (χ0n) is 13.0. The maximum atomic E-state index is 11.7. The summed E-state index contributed by atoms with van der Waals surface area (Å²) in [5.74, 6) is 0.296. The summed E-state index contributed by atoms with van der Waals surface area (Å²) < 4.78 is 5.17. The van der Waals surface area contributed by atoms with Crippen LogP contribution in [0.25, 0.3) is 0 Å². The number of carbonyl (C=O) groups is 1. The van der Waals surface area contributed by atoms with Gasteiger partial charge in [0.1, 0.15) is 5.75 Å². The lowest BCUT2D eigenvalue weighted by Gasteiger charge is -2.34. The Morgan fingerprint density at radius 1 is 1.14 bits per heavy atom. The molecule has 0 fully saturated rings. The van der Waals surface area contributed by atoms with Crippen molar-refractivity contribution in [3.05, 3.63) is 65.7 Å². The van der Waals surface area contributed by atoms with Crippen LogP contribution in [0.2, 0.25) is 0 Å². The quantitative estimate of drug-likeness (QED) is 0.856. The zero-order chi connectivity index (χ0) is 16.2. The smallest absolute Gasteiger partial charge is 0.235 e. The normalized spacial score (nSPS) is 14.9. The zero-order valence-corrected chi connectivity index (χ0v) is 13.0. The first-order valence-corrected chi connectivity index (χ1v) is 7.21. The lowest BCUT2D eigenvalue weighted by atomic mass is 9.71. The van der Waals surface area contributed by atoms with E-state index in [0.717, 1.165) is 16.9 Å². The lowest BCUT2D eigenvalue weighted by Crippen LogP contribution is -2.52. The molecule has 0 aliphatic heterocycles. The summed E-state index contributed by atoms with van der Waals surface area (Å²) in [6.45, 7) is 1.97. The van der Waals surface area contributed by atoms with Crippen molar-refractivity contribution in [2.45, 2.75) is 24.8 Å². The second-order valence-electron chi connectivity index (χ2n) is 5.69. The van der Waals surface area contributed by atoms with E-state index in [-0.39, 0.29) is 0 Å². The highest BCUT2D eigenvalue weighted by Gasteiger charge is 2.37. The van der Waals surface area contributed by atoms with Crippen LogP contribution in [-0.4, -0.2) is 19.1 Å². The molecule has 0 radical (unpaired) electrons. The number of nitrogens with two attached hydrogens (primary N) is 2. The monoisotopic (exact) mass is 298 g/mol. The minimum absolute atomic E-state index is 0.500. The van der Waals surface area contributed by atoms with E-state index < -0.39 is 17.4 Å². The third-order valence-electron chi connectivity index (χ3n) is 4.16. The van der Waals surface area contributed by atoms with E-state index in [1.54, 1.807) is 7.11 Å². The van der Waals surface area contributed by atoms with Gasteiger partial charge in [-0.3, -0.25) is 4.79 Å². The van der Waals surface area contributed by atoms with Crippen LogP contribution in [-0.2, 0) is 16.6 Å². The van der Waals surface area contributed by atoms with Crippen molar-refractivity contribution in [2.24, 2.45) is 11.5 Å². The standard InChI is InChI=1S/C18H22N2O2/c1-18(16(19)17(20)21,14-6-4-3-5-7-14)12-13-8-10-15(22-2)11-9-13/h3-11,16H,12,19H2,1-2H3,(H2,20,21). The SMILES string of the molecule is COc1ccc(CC(C)(c2ccccc2)C(N)C(N)=O)cc1. The van der Waals surface area contributed by atoms with Gasteiger partial charge in [0.25, 0.3) is 0 Å². The van der Waals surface area contributed by atoms with Crippen LogP contribution < -0.4 is 16.2 Å². The van der Waals surface area contributed by atoms with E-state index in [2.05, 4.69) is 0 Å². The van der Waals surface area contributed by atoms with Gasteiger partial charge in [-0.2, -0.15) is 0 Å². The van der Waals surface area contributed by atoms with Gasteiger partial charge in [-0.25, -0.2) is 0 Å². The van der Waals surface area contributed by atoms with Crippen molar-refractivity contribution in [3.63, 3.8) is 0 Å². The molecule has 0 aromatic heterocycles. The number of hydrogen-bond acceptors (Lipinski definition) is 3. The predicted molar refractivity (Wildman–Crippen MR) is 87.7 cm³/mol. The first-order valence-electron chi connectivity index (χ1n) is 7.21. The number of primary amides is 1. The van der Waals surface area contributed by atoms with Gasteiger partial charge in [-0.05, 0) is 29.7 Å². The summed E-state index contributed by atoms with van der Waals surface area (Å²) in [6.07, 6.45) is 0.616. The van der Waals surface area contributed by atoms with Crippen LogP contribution in [0.5, 0.6) is 5.75 Å². The molecule has 0 spiro atoms. The molecule has 0 aliphatic rings. The average molecular weight is 298 g/mol. The summed E-state index contributed by atoms with van der Waals surface area (Å²) >= 11 is 0. The van der Waals surface area contributed by atoms with E-state index in [0.29, 0.717) is 6.42 Å². The van der Waals surface area contributed by atoms with E-state index >= 15 is 0 Å². The van der Waals surface area contributed by atoms with Crippen LogP contribution >= 0.6 is 0 Å². The molecule has 0 saturated carbocycles. The fourth-order valence-electron chi connectivity index (χ4n) is 2.69. The number of rotatable bonds is 6. The highest BCUT2D eigenvalue weighted by molar-refractivity contribution is 5.81. The molecule has 0 heterocycles. The fraction of sp³-hybridized carbons (Fsp3) is 0.278. The van der Waals surface area contributed by atoms with Gasteiger partial charge in [0.05, 0.1) is 13.2 Å². The Labute approximate surface area is 131 Å². The molecule has 0 bridgehead atoms. The number of benzene rings is 2. The Kier molecular flexibility index (Phi) is 4.83. The molecule has 2 rings (SSSR count). The predicted octanol–water partition coefficient (Wildman–Crippen LogP) is 2.01. The number of hydrogen-bond donors (Lipinski definition) is 2. The topological polar surface area (TPSA) is 78.3 Å². The first-order chi connectivity index (χ1) is 10.5. The molecule has 0 aliphatic carbocycles. The van der Waals surface area contributed by atoms with Crippen LogP contribution in [0.1, 0.15) is 18.1 Å². The minimum Gasteiger partial charge on any atom is -0.497 e. The van der Waals surface area contributed by atoms with Crippen LogP contribution in [0.15, 0.2) is 54.6 Å². The van der Waals surface area contributed by atoms with E-state index in [1.807, 2.05) is 61.5 Å². The Hall–Kier alpha value is -2.33. The molecule has 22 heavy (non-hydrogen) atoms. The molecule has 1 amide bonds. The molecule has 2 aromatic rings. The van der Waals surface area contributed by atoms with Gasteiger partial charge < -0.3 is 16.2 Å². The molecule has 0 saturated heterocycles. The summed E-state index contributed by atoms with van der Waals surface area (Å²) in [5, 5.41) is 0. The second kappa shape index (κ2) is 6.62.